The summed E-state index contributed by atoms with van der Waals surface area (Å²) in [6.45, 7) is 1.93. The van der Waals surface area contributed by atoms with Crippen LogP contribution < -0.4 is 10.5 Å². The fourth-order valence-electron chi connectivity index (χ4n) is 2.33. The number of carboxylic acids is 1. The molecule has 0 radical (unpaired) electrons. The number of hydrogen-bond acceptors (Lipinski definition) is 6. The van der Waals surface area contributed by atoms with E-state index in [-0.39, 0.29) is 23.6 Å². The molecule has 110 valence electrons. The maximum Gasteiger partial charge on any atom is 0.358 e. The molecule has 2 aromatic heterocycles. The van der Waals surface area contributed by atoms with Crippen molar-refractivity contribution in [3.8, 4) is 0 Å². The highest BCUT2D eigenvalue weighted by Crippen LogP contribution is 2.17. The first-order chi connectivity index (χ1) is 10.1. The summed E-state index contributed by atoms with van der Waals surface area (Å²) >= 11 is 0. The van der Waals surface area contributed by atoms with Crippen LogP contribution in [0.15, 0.2) is 27.6 Å². The van der Waals surface area contributed by atoms with Gasteiger partial charge in [-0.2, -0.15) is 5.10 Å². The van der Waals surface area contributed by atoms with Crippen LogP contribution in [0.2, 0.25) is 0 Å². The largest absolute Gasteiger partial charge is 0.476 e. The van der Waals surface area contributed by atoms with Gasteiger partial charge in [-0.25, -0.2) is 9.48 Å². The Morgan fingerprint density at radius 3 is 2.71 bits per heavy atom. The second-order valence-corrected chi connectivity index (χ2v) is 4.89. The molecule has 0 unspecified atom stereocenters. The molecule has 2 aromatic rings. The molecule has 0 saturated carbocycles. The van der Waals surface area contributed by atoms with Crippen molar-refractivity contribution < 1.29 is 14.4 Å². The van der Waals surface area contributed by atoms with Crippen LogP contribution in [0.4, 0.5) is 5.69 Å². The minimum Gasteiger partial charge on any atom is -0.476 e. The first-order valence-electron chi connectivity index (χ1n) is 6.64. The summed E-state index contributed by atoms with van der Waals surface area (Å²) in [5.41, 5.74) is 0.372. The van der Waals surface area contributed by atoms with Gasteiger partial charge in [0.1, 0.15) is 6.54 Å². The lowest BCUT2D eigenvalue weighted by Crippen LogP contribution is -2.26. The predicted octanol–water partition coefficient (Wildman–Crippen LogP) is 0.578. The maximum absolute atomic E-state index is 12.0. The van der Waals surface area contributed by atoms with E-state index in [2.05, 4.69) is 15.2 Å². The van der Waals surface area contributed by atoms with Gasteiger partial charge in [0.15, 0.2) is 11.5 Å². The normalized spacial score (nSPS) is 14.6. The minimum atomic E-state index is -1.17. The maximum atomic E-state index is 12.0. The van der Waals surface area contributed by atoms with Gasteiger partial charge in [0.25, 0.3) is 5.56 Å². The molecule has 1 fully saturated rings. The monoisotopic (exact) mass is 290 g/mol. The summed E-state index contributed by atoms with van der Waals surface area (Å²) in [6.07, 6.45) is 3.89. The van der Waals surface area contributed by atoms with Crippen molar-refractivity contribution in [1.29, 1.82) is 0 Å². The van der Waals surface area contributed by atoms with Crippen LogP contribution in [0.3, 0.4) is 0 Å². The second-order valence-electron chi connectivity index (χ2n) is 4.89. The van der Waals surface area contributed by atoms with Crippen LogP contribution in [0.25, 0.3) is 0 Å². The smallest absolute Gasteiger partial charge is 0.358 e. The number of hydrogen-bond donors (Lipinski definition) is 1. The molecule has 0 bridgehead atoms. The fourth-order valence-corrected chi connectivity index (χ4v) is 2.33. The zero-order valence-corrected chi connectivity index (χ0v) is 11.2. The summed E-state index contributed by atoms with van der Waals surface area (Å²) in [6, 6.07) is 2.82. The van der Waals surface area contributed by atoms with Crippen LogP contribution >= 0.6 is 0 Å². The van der Waals surface area contributed by atoms with E-state index < -0.39 is 5.97 Å². The first-order valence-corrected chi connectivity index (χ1v) is 6.64. The Hall–Kier alpha value is -2.64. The Balaban J connectivity index is 1.79. The van der Waals surface area contributed by atoms with E-state index in [0.717, 1.165) is 31.6 Å². The highest BCUT2D eigenvalue weighted by Gasteiger charge is 2.15. The second kappa shape index (κ2) is 5.39. The van der Waals surface area contributed by atoms with Crippen molar-refractivity contribution in [2.45, 2.75) is 19.4 Å². The van der Waals surface area contributed by atoms with Crippen LogP contribution in [-0.4, -0.2) is 39.1 Å². The Morgan fingerprint density at radius 1 is 1.33 bits per heavy atom. The highest BCUT2D eigenvalue weighted by atomic mass is 16.5. The van der Waals surface area contributed by atoms with Gasteiger partial charge >= 0.3 is 5.97 Å². The number of nitrogens with zero attached hydrogens (tertiary/aromatic N) is 4. The third-order valence-corrected chi connectivity index (χ3v) is 3.41. The summed E-state index contributed by atoms with van der Waals surface area (Å²) < 4.78 is 6.09. The Bertz CT molecular complexity index is 715. The molecule has 1 saturated heterocycles. The molecule has 0 aliphatic carbocycles. The molecule has 21 heavy (non-hydrogen) atoms. The molecule has 0 aromatic carbocycles. The Morgan fingerprint density at radius 2 is 2.10 bits per heavy atom. The van der Waals surface area contributed by atoms with Crippen LogP contribution in [0.1, 0.15) is 29.1 Å². The fraction of sp³-hybridized carbons (Fsp3) is 0.385. The van der Waals surface area contributed by atoms with E-state index in [0.29, 0.717) is 0 Å². The first kappa shape index (κ1) is 13.3. The standard InChI is InChI=1S/C13H14N4O4/c18-12-5-9(16-3-1-2-4-16)7-14-17(12)8-10-6-11(13(19)20)15-21-10/h5-7H,1-4,8H2,(H,19,20). The van der Waals surface area contributed by atoms with Crippen molar-refractivity contribution in [2.75, 3.05) is 18.0 Å². The van der Waals surface area contributed by atoms with Gasteiger partial charge in [-0.15, -0.1) is 0 Å². The molecular formula is C13H14N4O4. The third-order valence-electron chi connectivity index (χ3n) is 3.41. The van der Waals surface area contributed by atoms with Gasteiger partial charge in [0, 0.05) is 25.2 Å². The highest BCUT2D eigenvalue weighted by molar-refractivity contribution is 5.85. The topological polar surface area (TPSA) is 101 Å². The molecule has 8 heteroatoms. The summed E-state index contributed by atoms with van der Waals surface area (Å²) in [7, 11) is 0. The predicted molar refractivity (Wildman–Crippen MR) is 72.5 cm³/mol. The van der Waals surface area contributed by atoms with Crippen LogP contribution in [0, 0.1) is 0 Å². The van der Waals surface area contributed by atoms with E-state index in [1.165, 1.54) is 16.8 Å². The number of rotatable bonds is 4. The molecule has 1 N–H and O–H groups in total. The molecule has 1 aliphatic rings. The minimum absolute atomic E-state index is 0.0550. The van der Waals surface area contributed by atoms with E-state index in [4.69, 9.17) is 9.63 Å². The van der Waals surface area contributed by atoms with Crippen molar-refractivity contribution in [1.82, 2.24) is 14.9 Å². The number of carbonyl (C=O) groups is 1. The lowest BCUT2D eigenvalue weighted by atomic mass is 10.3. The molecule has 0 spiro atoms. The zero-order chi connectivity index (χ0) is 14.8. The molecule has 0 atom stereocenters. The van der Waals surface area contributed by atoms with Gasteiger partial charge in [0.2, 0.25) is 0 Å². The number of carboxylic acid groups (broad SMARTS) is 1. The summed E-state index contributed by atoms with van der Waals surface area (Å²) in [5.74, 6) is -0.898. The van der Waals surface area contributed by atoms with E-state index >= 15 is 0 Å². The van der Waals surface area contributed by atoms with E-state index in [9.17, 15) is 9.59 Å². The lowest BCUT2D eigenvalue weighted by Gasteiger charge is -2.16. The van der Waals surface area contributed by atoms with Gasteiger partial charge in [-0.05, 0) is 12.8 Å². The van der Waals surface area contributed by atoms with Crippen molar-refractivity contribution in [2.24, 2.45) is 0 Å². The summed E-state index contributed by atoms with van der Waals surface area (Å²) in [4.78, 5) is 24.9. The Labute approximate surface area is 119 Å². The molecule has 3 rings (SSSR count). The van der Waals surface area contributed by atoms with Crippen LogP contribution in [-0.2, 0) is 6.54 Å². The third kappa shape index (κ3) is 2.78. The van der Waals surface area contributed by atoms with E-state index in [1.807, 2.05) is 0 Å². The van der Waals surface area contributed by atoms with Crippen molar-refractivity contribution in [3.05, 3.63) is 40.1 Å². The SMILES string of the molecule is O=C(O)c1cc(Cn2ncc(N3CCCC3)cc2=O)on1. The number of aromatic nitrogens is 3. The Kier molecular flexibility index (Phi) is 3.43. The van der Waals surface area contributed by atoms with Gasteiger partial charge in [-0.3, -0.25) is 4.79 Å². The molecule has 0 amide bonds. The van der Waals surface area contributed by atoms with Crippen molar-refractivity contribution >= 4 is 11.7 Å². The average molecular weight is 290 g/mol. The molecule has 3 heterocycles. The lowest BCUT2D eigenvalue weighted by molar-refractivity contribution is 0.0685. The molecule has 1 aliphatic heterocycles. The molecule has 8 nitrogen and oxygen atoms in total. The van der Waals surface area contributed by atoms with Crippen molar-refractivity contribution in [3.63, 3.8) is 0 Å². The van der Waals surface area contributed by atoms with Crippen LogP contribution in [0.5, 0.6) is 0 Å². The quantitative estimate of drug-likeness (QED) is 0.878. The van der Waals surface area contributed by atoms with Gasteiger partial charge < -0.3 is 14.5 Å². The summed E-state index contributed by atoms with van der Waals surface area (Å²) in [5, 5.41) is 16.3. The van der Waals surface area contributed by atoms with Gasteiger partial charge in [0.05, 0.1) is 11.9 Å². The number of anilines is 1. The average Bonchev–Trinajstić information content (AvgIpc) is 3.12. The van der Waals surface area contributed by atoms with Gasteiger partial charge in [-0.1, -0.05) is 5.16 Å². The number of aromatic carboxylic acids is 1. The zero-order valence-electron chi connectivity index (χ0n) is 11.2. The van der Waals surface area contributed by atoms with E-state index in [1.54, 1.807) is 6.20 Å². The molecular weight excluding hydrogens is 276 g/mol.